The zero-order chi connectivity index (χ0) is 22.7. The lowest BCUT2D eigenvalue weighted by molar-refractivity contribution is 0.294. The molecule has 1 N–H and O–H groups in total. The summed E-state index contributed by atoms with van der Waals surface area (Å²) in [5.74, 6) is 0. The Hall–Kier alpha value is -4.03. The van der Waals surface area contributed by atoms with Gasteiger partial charge in [0.05, 0.1) is 12.2 Å². The molecule has 0 amide bonds. The molecule has 168 valence electrons. The van der Waals surface area contributed by atoms with E-state index in [1.807, 2.05) is 30.6 Å². The largest absolute Gasteiger partial charge is 0.346 e. The van der Waals surface area contributed by atoms with E-state index in [1.165, 1.54) is 27.6 Å². The highest BCUT2D eigenvalue weighted by Gasteiger charge is 2.19. The van der Waals surface area contributed by atoms with Crippen molar-refractivity contribution in [3.05, 3.63) is 108 Å². The van der Waals surface area contributed by atoms with E-state index in [4.69, 9.17) is 5.10 Å². The van der Waals surface area contributed by atoms with Crippen LogP contribution in [0.15, 0.2) is 91.7 Å². The minimum atomic E-state index is 0.757. The minimum Gasteiger partial charge on any atom is -0.346 e. The number of pyridine rings is 2. The van der Waals surface area contributed by atoms with E-state index in [2.05, 4.69) is 79.4 Å². The van der Waals surface area contributed by atoms with Crippen LogP contribution in [0.4, 0.5) is 0 Å². The Kier molecular flexibility index (Phi) is 5.49. The van der Waals surface area contributed by atoms with Crippen LogP contribution in [0.5, 0.6) is 0 Å². The van der Waals surface area contributed by atoms with Crippen LogP contribution in [0.3, 0.4) is 0 Å². The average molecular weight is 447 g/mol. The first-order chi connectivity index (χ1) is 16.8. The maximum atomic E-state index is 4.95. The first kappa shape index (κ1) is 20.6. The summed E-state index contributed by atoms with van der Waals surface area (Å²) in [4.78, 5) is 14.5. The van der Waals surface area contributed by atoms with Gasteiger partial charge in [0.15, 0.2) is 0 Å². The number of benzene rings is 1. The first-order valence-electron chi connectivity index (χ1n) is 11.7. The average Bonchev–Trinajstić information content (AvgIpc) is 3.50. The van der Waals surface area contributed by atoms with Gasteiger partial charge >= 0.3 is 0 Å². The lowest BCUT2D eigenvalue weighted by Crippen LogP contribution is -2.28. The van der Waals surface area contributed by atoms with Crippen LogP contribution in [0.25, 0.3) is 27.9 Å². The van der Waals surface area contributed by atoms with Crippen molar-refractivity contribution >= 4 is 16.6 Å². The minimum absolute atomic E-state index is 0.757. The van der Waals surface area contributed by atoms with Crippen LogP contribution < -0.4 is 0 Å². The summed E-state index contributed by atoms with van der Waals surface area (Å²) in [7, 11) is 0. The zero-order valence-corrected chi connectivity index (χ0v) is 18.9. The van der Waals surface area contributed by atoms with Gasteiger partial charge in [0.25, 0.3) is 0 Å². The van der Waals surface area contributed by atoms with Crippen LogP contribution in [0.2, 0.25) is 0 Å². The van der Waals surface area contributed by atoms with Crippen molar-refractivity contribution < 1.29 is 0 Å². The monoisotopic (exact) mass is 446 g/mol. The fourth-order valence-corrected chi connectivity index (χ4v) is 4.74. The molecule has 0 radical (unpaired) electrons. The third kappa shape index (κ3) is 4.16. The lowest BCUT2D eigenvalue weighted by atomic mass is 9.99. The molecule has 0 atom stereocenters. The highest BCUT2D eigenvalue weighted by atomic mass is 15.3. The van der Waals surface area contributed by atoms with Gasteiger partial charge in [-0.25, -0.2) is 4.98 Å². The molecule has 1 aliphatic rings. The van der Waals surface area contributed by atoms with E-state index in [0.29, 0.717) is 0 Å². The molecule has 0 spiro atoms. The topological polar surface area (TPSA) is 62.6 Å². The van der Waals surface area contributed by atoms with Crippen molar-refractivity contribution in [1.29, 1.82) is 0 Å². The van der Waals surface area contributed by atoms with Crippen LogP contribution in [0, 0.1) is 0 Å². The van der Waals surface area contributed by atoms with Gasteiger partial charge < -0.3 is 4.98 Å². The van der Waals surface area contributed by atoms with E-state index >= 15 is 0 Å². The van der Waals surface area contributed by atoms with Crippen molar-refractivity contribution in [1.82, 2.24) is 29.6 Å². The zero-order valence-electron chi connectivity index (χ0n) is 18.9. The molecule has 34 heavy (non-hydrogen) atoms. The molecule has 0 unspecified atom stereocenters. The molecule has 0 saturated heterocycles. The van der Waals surface area contributed by atoms with Gasteiger partial charge in [-0.2, -0.15) is 5.10 Å². The first-order valence-corrected chi connectivity index (χ1v) is 11.7. The molecule has 5 heterocycles. The third-order valence-electron chi connectivity index (χ3n) is 6.44. The molecule has 6 nitrogen and oxygen atoms in total. The Labute approximate surface area is 198 Å². The van der Waals surface area contributed by atoms with Crippen LogP contribution >= 0.6 is 0 Å². The van der Waals surface area contributed by atoms with Crippen molar-refractivity contribution in [2.24, 2.45) is 0 Å². The predicted molar refractivity (Wildman–Crippen MR) is 135 cm³/mol. The van der Waals surface area contributed by atoms with Crippen molar-refractivity contribution in [3.63, 3.8) is 0 Å². The van der Waals surface area contributed by atoms with Crippen LogP contribution in [0.1, 0.15) is 23.1 Å². The highest BCUT2D eigenvalue weighted by molar-refractivity contribution is 5.90. The number of aromatic amines is 1. The molecular formula is C28H26N6. The molecule has 4 aromatic heterocycles. The molecule has 0 fully saturated rings. The third-order valence-corrected chi connectivity index (χ3v) is 6.44. The molecule has 6 rings (SSSR count). The Morgan fingerprint density at radius 1 is 0.941 bits per heavy atom. The Balaban J connectivity index is 1.24. The Morgan fingerprint density at radius 3 is 2.68 bits per heavy atom. The molecule has 0 saturated carbocycles. The summed E-state index contributed by atoms with van der Waals surface area (Å²) < 4.78 is 2.05. The lowest BCUT2D eigenvalue weighted by Gasteiger charge is -2.26. The van der Waals surface area contributed by atoms with E-state index in [9.17, 15) is 0 Å². The summed E-state index contributed by atoms with van der Waals surface area (Å²) in [6.45, 7) is 3.54. The fourth-order valence-electron chi connectivity index (χ4n) is 4.74. The predicted octanol–water partition coefficient (Wildman–Crippen LogP) is 5.16. The number of H-pyrrole nitrogens is 1. The molecule has 5 aromatic rings. The molecule has 1 aliphatic heterocycles. The van der Waals surface area contributed by atoms with E-state index < -0.39 is 0 Å². The molecule has 1 aromatic carbocycles. The van der Waals surface area contributed by atoms with E-state index in [-0.39, 0.29) is 0 Å². The van der Waals surface area contributed by atoms with Crippen LogP contribution in [-0.4, -0.2) is 42.7 Å². The quantitative estimate of drug-likeness (QED) is 0.391. The molecule has 6 heteroatoms. The summed E-state index contributed by atoms with van der Waals surface area (Å²) >= 11 is 0. The van der Waals surface area contributed by atoms with Gasteiger partial charge in [-0.1, -0.05) is 36.4 Å². The summed E-state index contributed by atoms with van der Waals surface area (Å²) in [6, 6.07) is 18.7. The van der Waals surface area contributed by atoms with Crippen molar-refractivity contribution in [2.75, 3.05) is 13.1 Å². The smallest absolute Gasteiger partial charge is 0.137 e. The van der Waals surface area contributed by atoms with Gasteiger partial charge in [-0.05, 0) is 41.8 Å². The Bertz CT molecular complexity index is 1430. The maximum Gasteiger partial charge on any atom is 0.137 e. The van der Waals surface area contributed by atoms with Crippen molar-refractivity contribution in [3.8, 4) is 11.3 Å². The van der Waals surface area contributed by atoms with Gasteiger partial charge in [0.1, 0.15) is 5.65 Å². The second kappa shape index (κ2) is 9.08. The summed E-state index contributed by atoms with van der Waals surface area (Å²) in [5, 5.41) is 6.15. The number of rotatable bonds is 6. The Morgan fingerprint density at radius 2 is 1.85 bits per heavy atom. The van der Waals surface area contributed by atoms with E-state index in [0.717, 1.165) is 49.5 Å². The normalized spacial score (nSPS) is 14.4. The van der Waals surface area contributed by atoms with E-state index in [1.54, 1.807) is 6.20 Å². The fraction of sp³-hybridized carbons (Fsp3) is 0.179. The summed E-state index contributed by atoms with van der Waals surface area (Å²) in [5.41, 5.74) is 8.17. The number of nitrogens with zero attached hydrogens (tertiary/aromatic N) is 5. The SMILES string of the molecule is C1=C(c2c[nH]c3ncccc23)CCN(Cc2cn(Cc3ccccc3)nc2-c2cccnc2)C1. The van der Waals surface area contributed by atoms with Gasteiger partial charge in [-0.15, -0.1) is 0 Å². The van der Waals surface area contributed by atoms with Gasteiger partial charge in [-0.3, -0.25) is 14.6 Å². The van der Waals surface area contributed by atoms with Crippen molar-refractivity contribution in [2.45, 2.75) is 19.5 Å². The second-order valence-electron chi connectivity index (χ2n) is 8.74. The second-order valence-corrected chi connectivity index (χ2v) is 8.74. The molecule has 0 aliphatic carbocycles. The number of fused-ring (bicyclic) bond motifs is 1. The summed E-state index contributed by atoms with van der Waals surface area (Å²) in [6.07, 6.45) is 13.2. The molecule has 0 bridgehead atoms. The number of hydrogen-bond donors (Lipinski definition) is 1. The van der Waals surface area contributed by atoms with Gasteiger partial charge in [0, 0.05) is 72.7 Å². The number of nitrogens with one attached hydrogen (secondary N) is 1. The number of hydrogen-bond acceptors (Lipinski definition) is 4. The van der Waals surface area contributed by atoms with Gasteiger partial charge in [0.2, 0.25) is 0 Å². The maximum absolute atomic E-state index is 4.95. The molecular weight excluding hydrogens is 420 g/mol. The van der Waals surface area contributed by atoms with Crippen LogP contribution in [-0.2, 0) is 13.1 Å². The highest BCUT2D eigenvalue weighted by Crippen LogP contribution is 2.30. The standard InChI is InChI=1S/C28H26N6/c1-2-6-21(7-3-1)18-34-20-24(27(32-34)23-8-4-12-29-16-23)19-33-14-10-22(11-15-33)26-17-31-28-25(26)9-5-13-30-28/h1-10,12-13,16-17,20H,11,14-15,18-19H2,(H,30,31). The number of aromatic nitrogens is 5.